The molecule has 1 aromatic carbocycles. The molecule has 0 aliphatic rings. The lowest BCUT2D eigenvalue weighted by molar-refractivity contribution is -0.121. The molecule has 2 heterocycles. The van der Waals surface area contributed by atoms with Crippen molar-refractivity contribution in [2.24, 2.45) is 7.05 Å². The number of nitrogens with zero attached hydrogens (tertiary/aromatic N) is 3. The average molecular weight is 334 g/mol. The van der Waals surface area contributed by atoms with E-state index in [2.05, 4.69) is 27.5 Å². The third-order valence-corrected chi connectivity index (χ3v) is 4.04. The molecule has 0 aliphatic carbocycles. The third-order valence-electron chi connectivity index (χ3n) is 4.04. The minimum Gasteiger partial charge on any atom is -0.350 e. The van der Waals surface area contributed by atoms with Crippen molar-refractivity contribution < 1.29 is 4.79 Å². The van der Waals surface area contributed by atoms with Crippen LogP contribution in [0.25, 0.3) is 11.4 Å². The number of rotatable bonds is 7. The number of aromatic nitrogens is 3. The van der Waals surface area contributed by atoms with Crippen molar-refractivity contribution in [2.45, 2.75) is 25.8 Å². The summed E-state index contributed by atoms with van der Waals surface area (Å²) in [6.45, 7) is 0.435. The molecule has 5 nitrogen and oxygen atoms in total. The molecule has 0 unspecified atom stereocenters. The first kappa shape index (κ1) is 16.9. The number of carbonyl (C=O) groups excluding carboxylic acids is 1. The molecule has 128 valence electrons. The number of hydrogen-bond donors (Lipinski definition) is 1. The van der Waals surface area contributed by atoms with Crippen LogP contribution in [0.4, 0.5) is 0 Å². The highest BCUT2D eigenvalue weighted by Crippen LogP contribution is 2.16. The maximum atomic E-state index is 12.0. The molecular weight excluding hydrogens is 312 g/mol. The van der Waals surface area contributed by atoms with Crippen molar-refractivity contribution in [2.75, 3.05) is 0 Å². The van der Waals surface area contributed by atoms with Gasteiger partial charge in [-0.1, -0.05) is 36.4 Å². The predicted octanol–water partition coefficient (Wildman–Crippen LogP) is 3.12. The van der Waals surface area contributed by atoms with Crippen LogP contribution in [0.15, 0.2) is 60.8 Å². The largest absolute Gasteiger partial charge is 0.350 e. The van der Waals surface area contributed by atoms with E-state index >= 15 is 0 Å². The SMILES string of the molecule is Cn1nc(CNC(=O)CCCc2ccccc2)cc1-c1ccccn1. The Balaban J connectivity index is 1.48. The van der Waals surface area contributed by atoms with Crippen LogP contribution >= 0.6 is 0 Å². The van der Waals surface area contributed by atoms with Gasteiger partial charge in [-0.3, -0.25) is 14.5 Å². The Morgan fingerprint density at radius 1 is 1.12 bits per heavy atom. The smallest absolute Gasteiger partial charge is 0.220 e. The molecule has 3 aromatic rings. The summed E-state index contributed by atoms with van der Waals surface area (Å²) in [5.74, 6) is 0.0565. The van der Waals surface area contributed by atoms with E-state index in [9.17, 15) is 4.79 Å². The van der Waals surface area contributed by atoms with Gasteiger partial charge in [0.15, 0.2) is 0 Å². The zero-order valence-corrected chi connectivity index (χ0v) is 14.4. The topological polar surface area (TPSA) is 59.8 Å². The first-order valence-electron chi connectivity index (χ1n) is 8.47. The second-order valence-corrected chi connectivity index (χ2v) is 5.98. The van der Waals surface area contributed by atoms with Crippen molar-refractivity contribution in [1.82, 2.24) is 20.1 Å². The number of nitrogens with one attached hydrogen (secondary N) is 1. The second-order valence-electron chi connectivity index (χ2n) is 5.98. The Morgan fingerprint density at radius 3 is 2.68 bits per heavy atom. The number of carbonyl (C=O) groups is 1. The van der Waals surface area contributed by atoms with Crippen LogP contribution < -0.4 is 5.32 Å². The van der Waals surface area contributed by atoms with Crippen LogP contribution in [-0.2, 0) is 24.8 Å². The maximum Gasteiger partial charge on any atom is 0.220 e. The van der Waals surface area contributed by atoms with Gasteiger partial charge in [0.05, 0.1) is 23.6 Å². The molecule has 0 bridgehead atoms. The van der Waals surface area contributed by atoms with Crippen LogP contribution in [0, 0.1) is 0 Å². The first-order chi connectivity index (χ1) is 12.2. The monoisotopic (exact) mass is 334 g/mol. The van der Waals surface area contributed by atoms with Crippen molar-refractivity contribution in [1.29, 1.82) is 0 Å². The Labute approximate surface area is 147 Å². The highest BCUT2D eigenvalue weighted by atomic mass is 16.1. The summed E-state index contributed by atoms with van der Waals surface area (Å²) < 4.78 is 1.79. The van der Waals surface area contributed by atoms with Crippen molar-refractivity contribution >= 4 is 5.91 Å². The summed E-state index contributed by atoms with van der Waals surface area (Å²) in [7, 11) is 1.88. The quantitative estimate of drug-likeness (QED) is 0.722. The van der Waals surface area contributed by atoms with E-state index in [1.54, 1.807) is 10.9 Å². The molecule has 25 heavy (non-hydrogen) atoms. The highest BCUT2D eigenvalue weighted by molar-refractivity contribution is 5.75. The van der Waals surface area contributed by atoms with Gasteiger partial charge in [0, 0.05) is 19.7 Å². The zero-order valence-electron chi connectivity index (χ0n) is 14.4. The highest BCUT2D eigenvalue weighted by Gasteiger charge is 2.09. The number of hydrogen-bond acceptors (Lipinski definition) is 3. The fourth-order valence-electron chi connectivity index (χ4n) is 2.74. The third kappa shape index (κ3) is 4.76. The van der Waals surface area contributed by atoms with Crippen LogP contribution in [0.1, 0.15) is 24.1 Å². The molecule has 0 saturated heterocycles. The standard InChI is InChI=1S/C20H22N4O/c1-24-19(18-11-5-6-13-21-18)14-17(23-24)15-22-20(25)12-7-10-16-8-3-2-4-9-16/h2-6,8-9,11,13-14H,7,10,12,15H2,1H3,(H,22,25). The fourth-order valence-corrected chi connectivity index (χ4v) is 2.74. The fraction of sp³-hybridized carbons (Fsp3) is 0.250. The summed E-state index contributed by atoms with van der Waals surface area (Å²) in [6.07, 6.45) is 4.05. The van der Waals surface area contributed by atoms with Gasteiger partial charge in [0.25, 0.3) is 0 Å². The van der Waals surface area contributed by atoms with Crippen LogP contribution in [-0.4, -0.2) is 20.7 Å². The van der Waals surface area contributed by atoms with E-state index in [0.29, 0.717) is 13.0 Å². The van der Waals surface area contributed by atoms with E-state index in [4.69, 9.17) is 0 Å². The molecule has 0 fully saturated rings. The number of aryl methyl sites for hydroxylation is 2. The minimum atomic E-state index is 0.0565. The van der Waals surface area contributed by atoms with E-state index in [1.807, 2.05) is 49.5 Å². The predicted molar refractivity (Wildman–Crippen MR) is 97.7 cm³/mol. The van der Waals surface area contributed by atoms with Gasteiger partial charge in [-0.15, -0.1) is 0 Å². The van der Waals surface area contributed by atoms with Crippen molar-refractivity contribution in [3.8, 4) is 11.4 Å². The van der Waals surface area contributed by atoms with Gasteiger partial charge in [-0.2, -0.15) is 5.10 Å². The van der Waals surface area contributed by atoms with E-state index in [1.165, 1.54) is 5.56 Å². The molecule has 1 amide bonds. The Morgan fingerprint density at radius 2 is 1.92 bits per heavy atom. The maximum absolute atomic E-state index is 12.0. The van der Waals surface area contributed by atoms with E-state index < -0.39 is 0 Å². The molecule has 0 atom stereocenters. The molecule has 1 N–H and O–H groups in total. The molecular formula is C20H22N4O. The number of amides is 1. The van der Waals surface area contributed by atoms with Crippen LogP contribution in [0.5, 0.6) is 0 Å². The molecule has 0 saturated carbocycles. The van der Waals surface area contributed by atoms with Gasteiger partial charge in [-0.05, 0) is 36.6 Å². The second kappa shape index (κ2) is 8.24. The number of pyridine rings is 1. The lowest BCUT2D eigenvalue weighted by Crippen LogP contribution is -2.22. The van der Waals surface area contributed by atoms with Crippen LogP contribution in [0.3, 0.4) is 0 Å². The minimum absolute atomic E-state index is 0.0565. The van der Waals surface area contributed by atoms with Gasteiger partial charge in [-0.25, -0.2) is 0 Å². The molecule has 2 aromatic heterocycles. The van der Waals surface area contributed by atoms with Crippen molar-refractivity contribution in [3.05, 3.63) is 72.1 Å². The molecule has 0 radical (unpaired) electrons. The van der Waals surface area contributed by atoms with Gasteiger partial charge in [0.2, 0.25) is 5.91 Å². The molecule has 0 spiro atoms. The van der Waals surface area contributed by atoms with E-state index in [0.717, 1.165) is 29.9 Å². The summed E-state index contributed by atoms with van der Waals surface area (Å²) >= 11 is 0. The van der Waals surface area contributed by atoms with Gasteiger partial charge < -0.3 is 5.32 Å². The number of benzene rings is 1. The first-order valence-corrected chi connectivity index (χ1v) is 8.47. The molecule has 0 aliphatic heterocycles. The molecule has 5 heteroatoms. The molecule has 3 rings (SSSR count). The van der Waals surface area contributed by atoms with E-state index in [-0.39, 0.29) is 5.91 Å². The lowest BCUT2D eigenvalue weighted by atomic mass is 10.1. The summed E-state index contributed by atoms with van der Waals surface area (Å²) in [4.78, 5) is 16.3. The Kier molecular flexibility index (Phi) is 5.57. The van der Waals surface area contributed by atoms with Crippen molar-refractivity contribution in [3.63, 3.8) is 0 Å². The summed E-state index contributed by atoms with van der Waals surface area (Å²) in [6, 6.07) is 18.0. The zero-order chi connectivity index (χ0) is 17.5. The normalized spacial score (nSPS) is 10.6. The Hall–Kier alpha value is -2.95. The van der Waals surface area contributed by atoms with Gasteiger partial charge in [0.1, 0.15) is 0 Å². The lowest BCUT2D eigenvalue weighted by Gasteiger charge is -2.03. The average Bonchev–Trinajstić information content (AvgIpc) is 3.02. The summed E-state index contributed by atoms with van der Waals surface area (Å²) in [5, 5.41) is 7.39. The van der Waals surface area contributed by atoms with Crippen LogP contribution in [0.2, 0.25) is 0 Å². The summed E-state index contributed by atoms with van der Waals surface area (Å²) in [5.41, 5.74) is 3.91. The Bertz CT molecular complexity index is 812. The van der Waals surface area contributed by atoms with Gasteiger partial charge >= 0.3 is 0 Å².